The molecule has 0 spiro atoms. The molecule has 100 valence electrons. The van der Waals surface area contributed by atoms with E-state index in [1.807, 2.05) is 6.07 Å². The van der Waals surface area contributed by atoms with E-state index in [1.54, 1.807) is 30.3 Å². The Kier molecular flexibility index (Phi) is 5.11. The SMILES string of the molecule is NCC(Sc1ccc(Cl)c(Cl)c1)c1ccccc1F. The molecule has 0 radical (unpaired) electrons. The summed E-state index contributed by atoms with van der Waals surface area (Å²) in [5.74, 6) is -0.245. The first kappa shape index (κ1) is 14.7. The average molecular weight is 316 g/mol. The molecular weight excluding hydrogens is 304 g/mol. The maximum absolute atomic E-state index is 13.8. The molecule has 0 saturated carbocycles. The van der Waals surface area contributed by atoms with Crippen LogP contribution in [0.15, 0.2) is 47.4 Å². The maximum Gasteiger partial charge on any atom is 0.127 e. The molecule has 0 amide bonds. The van der Waals surface area contributed by atoms with Gasteiger partial charge in [0.15, 0.2) is 0 Å². The summed E-state index contributed by atoms with van der Waals surface area (Å²) in [6.07, 6.45) is 0. The lowest BCUT2D eigenvalue weighted by atomic mass is 10.1. The van der Waals surface area contributed by atoms with Crippen LogP contribution in [0.5, 0.6) is 0 Å². The molecule has 1 nitrogen and oxygen atoms in total. The van der Waals surface area contributed by atoms with Crippen molar-refractivity contribution in [2.24, 2.45) is 5.73 Å². The minimum absolute atomic E-state index is 0.154. The molecule has 0 aliphatic rings. The predicted molar refractivity (Wildman–Crippen MR) is 80.5 cm³/mol. The van der Waals surface area contributed by atoms with Gasteiger partial charge in [0.25, 0.3) is 0 Å². The van der Waals surface area contributed by atoms with Crippen LogP contribution in [0, 0.1) is 5.82 Å². The van der Waals surface area contributed by atoms with Crippen molar-refractivity contribution >= 4 is 35.0 Å². The average Bonchev–Trinajstić information content (AvgIpc) is 2.41. The molecule has 2 aromatic rings. The van der Waals surface area contributed by atoms with Crippen LogP contribution in [0.1, 0.15) is 10.8 Å². The quantitative estimate of drug-likeness (QED) is 0.810. The van der Waals surface area contributed by atoms with E-state index in [9.17, 15) is 4.39 Å². The van der Waals surface area contributed by atoms with Crippen molar-refractivity contribution in [2.75, 3.05) is 6.54 Å². The highest BCUT2D eigenvalue weighted by Gasteiger charge is 2.15. The zero-order chi connectivity index (χ0) is 13.8. The van der Waals surface area contributed by atoms with E-state index in [4.69, 9.17) is 28.9 Å². The van der Waals surface area contributed by atoms with Crippen LogP contribution >= 0.6 is 35.0 Å². The van der Waals surface area contributed by atoms with Gasteiger partial charge in [-0.25, -0.2) is 4.39 Å². The predicted octanol–water partition coefficient (Wildman–Crippen LogP) is 4.92. The van der Waals surface area contributed by atoms with Crippen LogP contribution in [-0.4, -0.2) is 6.54 Å². The van der Waals surface area contributed by atoms with Gasteiger partial charge in [-0.3, -0.25) is 0 Å². The fourth-order valence-corrected chi connectivity index (χ4v) is 3.13. The third kappa shape index (κ3) is 3.63. The Bertz CT molecular complexity index is 577. The summed E-state index contributed by atoms with van der Waals surface area (Å²) in [4.78, 5) is 0.910. The molecule has 0 aromatic heterocycles. The Balaban J connectivity index is 2.24. The van der Waals surface area contributed by atoms with Crippen molar-refractivity contribution in [2.45, 2.75) is 10.1 Å². The first-order valence-corrected chi connectivity index (χ1v) is 7.31. The Morgan fingerprint density at radius 2 is 1.84 bits per heavy atom. The second-order valence-corrected chi connectivity index (χ2v) is 6.03. The first-order valence-electron chi connectivity index (χ1n) is 5.68. The van der Waals surface area contributed by atoms with Crippen LogP contribution < -0.4 is 5.73 Å². The van der Waals surface area contributed by atoms with Crippen LogP contribution in [0.4, 0.5) is 4.39 Å². The van der Waals surface area contributed by atoms with Crippen molar-refractivity contribution < 1.29 is 4.39 Å². The molecule has 2 aromatic carbocycles. The number of hydrogen-bond acceptors (Lipinski definition) is 2. The van der Waals surface area contributed by atoms with Gasteiger partial charge in [0, 0.05) is 22.3 Å². The fourth-order valence-electron chi connectivity index (χ4n) is 1.69. The number of thioether (sulfide) groups is 1. The topological polar surface area (TPSA) is 26.0 Å². The molecule has 5 heteroatoms. The van der Waals surface area contributed by atoms with Crippen molar-refractivity contribution in [1.82, 2.24) is 0 Å². The van der Waals surface area contributed by atoms with Gasteiger partial charge in [0.05, 0.1) is 10.0 Å². The van der Waals surface area contributed by atoms with Crippen LogP contribution in [0.25, 0.3) is 0 Å². The summed E-state index contributed by atoms with van der Waals surface area (Å²) >= 11 is 13.3. The van der Waals surface area contributed by atoms with Crippen LogP contribution in [0.2, 0.25) is 10.0 Å². The number of nitrogens with two attached hydrogens (primary N) is 1. The summed E-state index contributed by atoms with van der Waals surface area (Å²) in [7, 11) is 0. The van der Waals surface area contributed by atoms with Gasteiger partial charge in [0.2, 0.25) is 0 Å². The lowest BCUT2D eigenvalue weighted by Gasteiger charge is -2.16. The zero-order valence-corrected chi connectivity index (χ0v) is 12.3. The molecule has 1 atom stereocenters. The molecule has 1 unspecified atom stereocenters. The highest BCUT2D eigenvalue weighted by Crippen LogP contribution is 2.37. The second-order valence-electron chi connectivity index (χ2n) is 3.94. The summed E-state index contributed by atoms with van der Waals surface area (Å²) in [5, 5.41) is 0.829. The Morgan fingerprint density at radius 3 is 2.47 bits per heavy atom. The molecule has 2 rings (SSSR count). The largest absolute Gasteiger partial charge is 0.329 e. The van der Waals surface area contributed by atoms with Crippen LogP contribution in [-0.2, 0) is 0 Å². The van der Waals surface area contributed by atoms with Gasteiger partial charge in [-0.1, -0.05) is 41.4 Å². The third-order valence-corrected chi connectivity index (χ3v) is 4.63. The summed E-state index contributed by atoms with van der Waals surface area (Å²) < 4.78 is 13.8. The summed E-state index contributed by atoms with van der Waals surface area (Å²) in [6.45, 7) is 0.339. The Morgan fingerprint density at radius 1 is 1.11 bits per heavy atom. The normalized spacial score (nSPS) is 12.4. The Labute approximate surface area is 125 Å². The van der Waals surface area contributed by atoms with E-state index in [-0.39, 0.29) is 11.1 Å². The van der Waals surface area contributed by atoms with Gasteiger partial charge in [0.1, 0.15) is 5.82 Å². The van der Waals surface area contributed by atoms with Crippen molar-refractivity contribution in [3.8, 4) is 0 Å². The van der Waals surface area contributed by atoms with Gasteiger partial charge >= 0.3 is 0 Å². The Hall–Kier alpha value is -0.740. The smallest absolute Gasteiger partial charge is 0.127 e. The number of benzene rings is 2. The summed E-state index contributed by atoms with van der Waals surface area (Å²) in [5.41, 5.74) is 6.34. The number of hydrogen-bond donors (Lipinski definition) is 1. The highest BCUT2D eigenvalue weighted by atomic mass is 35.5. The van der Waals surface area contributed by atoms with Crippen molar-refractivity contribution in [3.05, 3.63) is 63.9 Å². The first-order chi connectivity index (χ1) is 9.11. The highest BCUT2D eigenvalue weighted by molar-refractivity contribution is 7.99. The van der Waals surface area contributed by atoms with E-state index < -0.39 is 0 Å². The van der Waals surface area contributed by atoms with E-state index in [0.29, 0.717) is 22.2 Å². The monoisotopic (exact) mass is 315 g/mol. The maximum atomic E-state index is 13.8. The van der Waals surface area contributed by atoms with Crippen molar-refractivity contribution in [3.63, 3.8) is 0 Å². The number of halogens is 3. The molecule has 0 aliphatic heterocycles. The van der Waals surface area contributed by atoms with Gasteiger partial charge in [-0.2, -0.15) is 0 Å². The van der Waals surface area contributed by atoms with E-state index >= 15 is 0 Å². The molecular formula is C14H12Cl2FNS. The molecule has 19 heavy (non-hydrogen) atoms. The molecule has 0 fully saturated rings. The zero-order valence-electron chi connectivity index (χ0n) is 9.95. The van der Waals surface area contributed by atoms with Gasteiger partial charge in [-0.15, -0.1) is 11.8 Å². The van der Waals surface area contributed by atoms with E-state index in [1.165, 1.54) is 17.8 Å². The van der Waals surface area contributed by atoms with Crippen molar-refractivity contribution in [1.29, 1.82) is 0 Å². The van der Waals surface area contributed by atoms with Gasteiger partial charge < -0.3 is 5.73 Å². The second kappa shape index (κ2) is 6.62. The third-order valence-electron chi connectivity index (χ3n) is 2.64. The van der Waals surface area contributed by atoms with Gasteiger partial charge in [-0.05, 0) is 24.3 Å². The molecule has 0 heterocycles. The molecule has 0 bridgehead atoms. The summed E-state index contributed by atoms with van der Waals surface area (Å²) in [6, 6.07) is 12.0. The van der Waals surface area contributed by atoms with E-state index in [2.05, 4.69) is 0 Å². The lowest BCUT2D eigenvalue weighted by Crippen LogP contribution is -2.10. The minimum atomic E-state index is -0.245. The lowest BCUT2D eigenvalue weighted by molar-refractivity contribution is 0.608. The molecule has 0 aliphatic carbocycles. The fraction of sp³-hybridized carbons (Fsp3) is 0.143. The molecule has 2 N–H and O–H groups in total. The standard InChI is InChI=1S/C14H12Cl2FNS/c15-11-6-5-9(7-12(11)16)19-14(8-18)10-3-1-2-4-13(10)17/h1-7,14H,8,18H2. The molecule has 0 saturated heterocycles. The number of rotatable bonds is 4. The van der Waals surface area contributed by atoms with E-state index in [0.717, 1.165) is 4.90 Å². The minimum Gasteiger partial charge on any atom is -0.329 e. The van der Waals surface area contributed by atoms with Crippen LogP contribution in [0.3, 0.4) is 0 Å².